The van der Waals surface area contributed by atoms with Crippen LogP contribution in [0.5, 0.6) is 0 Å². The molecule has 0 spiro atoms. The zero-order valence-electron chi connectivity index (χ0n) is 11.0. The summed E-state index contributed by atoms with van der Waals surface area (Å²) in [6, 6.07) is 5.32. The molecule has 0 bridgehead atoms. The molecule has 0 aliphatic heterocycles. The molecule has 1 heterocycles. The molecule has 106 valence electrons. The normalized spacial score (nSPS) is 10.5. The maximum absolute atomic E-state index is 13.0. The van der Waals surface area contributed by atoms with Crippen molar-refractivity contribution in [1.29, 1.82) is 0 Å². The summed E-state index contributed by atoms with van der Waals surface area (Å²) in [5.41, 5.74) is 0.942. The summed E-state index contributed by atoms with van der Waals surface area (Å²) in [5.74, 6) is -0.627. The van der Waals surface area contributed by atoms with E-state index in [-0.39, 0.29) is 5.69 Å². The summed E-state index contributed by atoms with van der Waals surface area (Å²) < 4.78 is 14.9. The molecule has 0 amide bonds. The van der Waals surface area contributed by atoms with Gasteiger partial charge in [-0.3, -0.25) is 14.8 Å². The maximum atomic E-state index is 13.0. The molecule has 0 saturated carbocycles. The molecule has 6 nitrogen and oxygen atoms in total. The van der Waals surface area contributed by atoms with Crippen LogP contribution in [0.1, 0.15) is 19.0 Å². The van der Waals surface area contributed by atoms with Crippen molar-refractivity contribution in [1.82, 2.24) is 9.78 Å². The van der Waals surface area contributed by atoms with Crippen molar-refractivity contribution in [3.63, 3.8) is 0 Å². The van der Waals surface area contributed by atoms with Gasteiger partial charge in [-0.1, -0.05) is 6.92 Å². The van der Waals surface area contributed by atoms with E-state index in [1.54, 1.807) is 6.20 Å². The summed E-state index contributed by atoms with van der Waals surface area (Å²) in [5, 5.41) is 18.0. The standard InChI is InChI=1S/C13H15FN4O2/c1-2-7-17-11(5-6-16-17)9-15-12-4-3-10(14)8-13(12)18(19)20/h3-6,8,15H,2,7,9H2,1H3. The third kappa shape index (κ3) is 3.11. The second kappa shape index (κ2) is 6.14. The van der Waals surface area contributed by atoms with E-state index < -0.39 is 10.7 Å². The van der Waals surface area contributed by atoms with Gasteiger partial charge in [-0.15, -0.1) is 0 Å². The molecule has 1 aromatic carbocycles. The number of aryl methyl sites for hydroxylation is 1. The zero-order valence-corrected chi connectivity index (χ0v) is 11.0. The quantitative estimate of drug-likeness (QED) is 0.651. The molecule has 7 heteroatoms. The second-order valence-corrected chi connectivity index (χ2v) is 4.32. The van der Waals surface area contributed by atoms with Gasteiger partial charge in [0.05, 0.1) is 23.2 Å². The number of nitrogens with zero attached hydrogens (tertiary/aromatic N) is 3. The average molecular weight is 278 g/mol. The fourth-order valence-corrected chi connectivity index (χ4v) is 1.91. The lowest BCUT2D eigenvalue weighted by Crippen LogP contribution is -2.09. The first-order valence-electron chi connectivity index (χ1n) is 6.30. The molecule has 0 unspecified atom stereocenters. The average Bonchev–Trinajstić information content (AvgIpc) is 2.85. The van der Waals surface area contributed by atoms with E-state index in [4.69, 9.17) is 0 Å². The van der Waals surface area contributed by atoms with E-state index >= 15 is 0 Å². The van der Waals surface area contributed by atoms with Gasteiger partial charge in [0.2, 0.25) is 0 Å². The predicted octanol–water partition coefficient (Wildman–Crippen LogP) is 2.95. The molecule has 0 aliphatic rings. The van der Waals surface area contributed by atoms with Crippen LogP contribution in [-0.4, -0.2) is 14.7 Å². The number of nitro groups is 1. The number of halogens is 1. The van der Waals surface area contributed by atoms with E-state index in [0.29, 0.717) is 12.2 Å². The first-order valence-corrected chi connectivity index (χ1v) is 6.30. The summed E-state index contributed by atoms with van der Waals surface area (Å²) in [7, 11) is 0. The highest BCUT2D eigenvalue weighted by Gasteiger charge is 2.15. The number of rotatable bonds is 6. The van der Waals surface area contributed by atoms with Crippen LogP contribution in [0.15, 0.2) is 30.5 Å². The maximum Gasteiger partial charge on any atom is 0.295 e. The molecule has 2 aromatic rings. The van der Waals surface area contributed by atoms with Gasteiger partial charge in [-0.25, -0.2) is 4.39 Å². The van der Waals surface area contributed by atoms with Crippen LogP contribution in [0.4, 0.5) is 15.8 Å². The molecule has 0 saturated heterocycles. The minimum Gasteiger partial charge on any atom is -0.374 e. The Balaban J connectivity index is 2.14. The molecule has 0 aliphatic carbocycles. The third-order valence-electron chi connectivity index (χ3n) is 2.86. The number of hydrogen-bond donors (Lipinski definition) is 1. The molecular weight excluding hydrogens is 263 g/mol. The highest BCUT2D eigenvalue weighted by atomic mass is 19.1. The first kappa shape index (κ1) is 14.0. The summed E-state index contributed by atoms with van der Waals surface area (Å²) in [6.07, 6.45) is 2.64. The minimum atomic E-state index is -0.627. The SMILES string of the molecule is CCCn1nccc1CNc1ccc(F)cc1[N+](=O)[O-]. The van der Waals surface area contributed by atoms with Gasteiger partial charge in [0.1, 0.15) is 11.5 Å². The van der Waals surface area contributed by atoms with E-state index in [2.05, 4.69) is 10.4 Å². The van der Waals surface area contributed by atoms with Gasteiger partial charge in [0.25, 0.3) is 5.69 Å². The third-order valence-corrected chi connectivity index (χ3v) is 2.86. The highest BCUT2D eigenvalue weighted by Crippen LogP contribution is 2.25. The molecule has 20 heavy (non-hydrogen) atoms. The topological polar surface area (TPSA) is 73.0 Å². The van der Waals surface area contributed by atoms with Gasteiger partial charge in [-0.05, 0) is 24.6 Å². The van der Waals surface area contributed by atoms with Crippen molar-refractivity contribution in [3.8, 4) is 0 Å². The number of anilines is 1. The fraction of sp³-hybridized carbons (Fsp3) is 0.308. The Morgan fingerprint density at radius 2 is 2.25 bits per heavy atom. The Morgan fingerprint density at radius 1 is 1.45 bits per heavy atom. The molecule has 0 atom stereocenters. The fourth-order valence-electron chi connectivity index (χ4n) is 1.91. The number of nitrogens with one attached hydrogen (secondary N) is 1. The predicted molar refractivity (Wildman–Crippen MR) is 72.9 cm³/mol. The Kier molecular flexibility index (Phi) is 4.29. The van der Waals surface area contributed by atoms with Crippen LogP contribution < -0.4 is 5.32 Å². The highest BCUT2D eigenvalue weighted by molar-refractivity contribution is 5.61. The van der Waals surface area contributed by atoms with Gasteiger partial charge < -0.3 is 5.32 Å². The molecule has 0 radical (unpaired) electrons. The van der Waals surface area contributed by atoms with Crippen LogP contribution >= 0.6 is 0 Å². The zero-order chi connectivity index (χ0) is 14.5. The monoisotopic (exact) mass is 278 g/mol. The van der Waals surface area contributed by atoms with Crippen molar-refractivity contribution in [3.05, 3.63) is 52.1 Å². The van der Waals surface area contributed by atoms with Crippen molar-refractivity contribution < 1.29 is 9.31 Å². The molecular formula is C13H15FN4O2. The van der Waals surface area contributed by atoms with Crippen molar-refractivity contribution in [2.24, 2.45) is 0 Å². The Labute approximate surface area is 115 Å². The van der Waals surface area contributed by atoms with E-state index in [1.165, 1.54) is 12.1 Å². The van der Waals surface area contributed by atoms with Gasteiger partial charge in [-0.2, -0.15) is 5.10 Å². The number of nitro benzene ring substituents is 1. The van der Waals surface area contributed by atoms with Crippen LogP contribution in [-0.2, 0) is 13.1 Å². The van der Waals surface area contributed by atoms with Crippen molar-refractivity contribution in [2.75, 3.05) is 5.32 Å². The number of benzene rings is 1. The van der Waals surface area contributed by atoms with E-state index in [1.807, 2.05) is 17.7 Å². The number of hydrogen-bond acceptors (Lipinski definition) is 4. The summed E-state index contributed by atoms with van der Waals surface area (Å²) >= 11 is 0. The van der Waals surface area contributed by atoms with E-state index in [0.717, 1.165) is 24.7 Å². The number of aromatic nitrogens is 2. The lowest BCUT2D eigenvalue weighted by molar-refractivity contribution is -0.384. The van der Waals surface area contributed by atoms with Crippen molar-refractivity contribution >= 4 is 11.4 Å². The van der Waals surface area contributed by atoms with Crippen LogP contribution in [0, 0.1) is 15.9 Å². The lowest BCUT2D eigenvalue weighted by atomic mass is 10.2. The van der Waals surface area contributed by atoms with Gasteiger partial charge in [0.15, 0.2) is 0 Å². The largest absolute Gasteiger partial charge is 0.374 e. The summed E-state index contributed by atoms with van der Waals surface area (Å²) in [4.78, 5) is 10.3. The van der Waals surface area contributed by atoms with Crippen LogP contribution in [0.2, 0.25) is 0 Å². The first-order chi connectivity index (χ1) is 9.61. The second-order valence-electron chi connectivity index (χ2n) is 4.32. The Hall–Kier alpha value is -2.44. The minimum absolute atomic E-state index is 0.272. The van der Waals surface area contributed by atoms with Gasteiger partial charge >= 0.3 is 0 Å². The Morgan fingerprint density at radius 3 is 2.95 bits per heavy atom. The van der Waals surface area contributed by atoms with E-state index in [9.17, 15) is 14.5 Å². The molecule has 2 rings (SSSR count). The van der Waals surface area contributed by atoms with Crippen LogP contribution in [0.3, 0.4) is 0 Å². The molecule has 1 aromatic heterocycles. The lowest BCUT2D eigenvalue weighted by Gasteiger charge is -2.09. The summed E-state index contributed by atoms with van der Waals surface area (Å²) in [6.45, 7) is 3.23. The van der Waals surface area contributed by atoms with Crippen LogP contribution in [0.25, 0.3) is 0 Å². The molecule has 0 fully saturated rings. The smallest absolute Gasteiger partial charge is 0.295 e. The van der Waals surface area contributed by atoms with Gasteiger partial charge in [0, 0.05) is 12.7 Å². The van der Waals surface area contributed by atoms with Crippen molar-refractivity contribution in [2.45, 2.75) is 26.4 Å². The Bertz CT molecular complexity index is 612. The molecule has 1 N–H and O–H groups in total.